The summed E-state index contributed by atoms with van der Waals surface area (Å²) in [6, 6.07) is 4.68. The van der Waals surface area contributed by atoms with Crippen molar-refractivity contribution in [3.63, 3.8) is 0 Å². The van der Waals surface area contributed by atoms with Crippen LogP contribution in [0.15, 0.2) is 18.3 Å². The van der Waals surface area contributed by atoms with Gasteiger partial charge in [0.05, 0.1) is 0 Å². The third kappa shape index (κ3) is 4.35. The minimum absolute atomic E-state index is 0.564. The Kier molecular flexibility index (Phi) is 5.61. The molecule has 0 amide bonds. The molecule has 1 aromatic rings. The summed E-state index contributed by atoms with van der Waals surface area (Å²) in [7, 11) is 4.40. The Morgan fingerprint density at radius 2 is 2.15 bits per heavy atom. The van der Waals surface area contributed by atoms with E-state index in [1.165, 1.54) is 0 Å². The number of hydrogen-bond acceptors (Lipinski definition) is 5. The zero-order chi connectivity index (χ0) is 14.4. The third-order valence-corrected chi connectivity index (χ3v) is 3.84. The predicted octanol–water partition coefficient (Wildman–Crippen LogP) is 1.56. The molecule has 1 unspecified atom stereocenters. The Labute approximate surface area is 122 Å². The number of nitrogens with zero attached hydrogens (tertiary/aromatic N) is 3. The fourth-order valence-corrected chi connectivity index (χ4v) is 2.45. The molecule has 0 bridgehead atoms. The lowest BCUT2D eigenvalue weighted by Gasteiger charge is -2.37. The Hall–Kier alpha value is -1.33. The Morgan fingerprint density at radius 3 is 2.95 bits per heavy atom. The molecule has 0 saturated carbocycles. The number of anilines is 2. The number of pyridine rings is 1. The van der Waals surface area contributed by atoms with E-state index in [4.69, 9.17) is 0 Å². The minimum Gasteiger partial charge on any atom is -0.383 e. The first-order chi connectivity index (χ1) is 9.69. The highest BCUT2D eigenvalue weighted by molar-refractivity contribution is 5.51. The number of aromatic nitrogens is 1. The molecule has 0 aromatic carbocycles. The fourth-order valence-electron chi connectivity index (χ4n) is 2.45. The number of likely N-dealkylation sites (N-methyl/N-ethyl adjacent to an activating group) is 2. The molecule has 0 aliphatic carbocycles. The largest absolute Gasteiger partial charge is 0.383 e. The van der Waals surface area contributed by atoms with Crippen molar-refractivity contribution in [1.82, 2.24) is 14.8 Å². The SMILES string of the molecule is CCCNc1cc(NCC2CN(C)CCN2C)ccn1. The van der Waals surface area contributed by atoms with Crippen LogP contribution in [0.2, 0.25) is 0 Å². The van der Waals surface area contributed by atoms with E-state index >= 15 is 0 Å². The van der Waals surface area contributed by atoms with Gasteiger partial charge >= 0.3 is 0 Å². The van der Waals surface area contributed by atoms with Gasteiger partial charge in [0.1, 0.15) is 5.82 Å². The fraction of sp³-hybridized carbons (Fsp3) is 0.667. The van der Waals surface area contributed by atoms with Crippen molar-refractivity contribution in [3.8, 4) is 0 Å². The summed E-state index contributed by atoms with van der Waals surface area (Å²) in [5, 5.41) is 6.85. The monoisotopic (exact) mass is 277 g/mol. The minimum atomic E-state index is 0.564. The highest BCUT2D eigenvalue weighted by atomic mass is 15.3. The lowest BCUT2D eigenvalue weighted by molar-refractivity contribution is 0.122. The smallest absolute Gasteiger partial charge is 0.127 e. The normalized spacial score (nSPS) is 20.9. The molecule has 1 saturated heterocycles. The van der Waals surface area contributed by atoms with Gasteiger partial charge in [0.25, 0.3) is 0 Å². The van der Waals surface area contributed by atoms with E-state index in [0.29, 0.717) is 6.04 Å². The van der Waals surface area contributed by atoms with E-state index in [-0.39, 0.29) is 0 Å². The predicted molar refractivity (Wildman–Crippen MR) is 85.4 cm³/mol. The van der Waals surface area contributed by atoms with Crippen molar-refractivity contribution >= 4 is 11.5 Å². The maximum absolute atomic E-state index is 4.33. The summed E-state index contributed by atoms with van der Waals surface area (Å²) in [6.45, 7) is 7.51. The topological polar surface area (TPSA) is 43.4 Å². The number of piperazine rings is 1. The van der Waals surface area contributed by atoms with Crippen LogP contribution < -0.4 is 10.6 Å². The zero-order valence-electron chi connectivity index (χ0n) is 12.9. The van der Waals surface area contributed by atoms with Crippen molar-refractivity contribution in [1.29, 1.82) is 0 Å². The van der Waals surface area contributed by atoms with Crippen LogP contribution in [0.1, 0.15) is 13.3 Å². The molecule has 20 heavy (non-hydrogen) atoms. The van der Waals surface area contributed by atoms with Gasteiger partial charge in [0.15, 0.2) is 0 Å². The average molecular weight is 277 g/mol. The summed E-state index contributed by atoms with van der Waals surface area (Å²) < 4.78 is 0. The molecule has 2 heterocycles. The quantitative estimate of drug-likeness (QED) is 0.826. The van der Waals surface area contributed by atoms with Gasteiger partial charge in [-0.3, -0.25) is 4.90 Å². The third-order valence-electron chi connectivity index (χ3n) is 3.84. The molecule has 1 fully saturated rings. The Bertz CT molecular complexity index is 409. The maximum atomic E-state index is 4.33. The van der Waals surface area contributed by atoms with Crippen molar-refractivity contribution in [2.45, 2.75) is 19.4 Å². The molecular weight excluding hydrogens is 250 g/mol. The molecule has 2 rings (SSSR count). The first-order valence-electron chi connectivity index (χ1n) is 7.51. The number of rotatable bonds is 6. The molecule has 1 aromatic heterocycles. The van der Waals surface area contributed by atoms with Crippen LogP contribution in [0.4, 0.5) is 11.5 Å². The lowest BCUT2D eigenvalue weighted by Crippen LogP contribution is -2.52. The molecule has 0 spiro atoms. The molecule has 112 valence electrons. The second-order valence-electron chi connectivity index (χ2n) is 5.63. The second-order valence-corrected chi connectivity index (χ2v) is 5.63. The van der Waals surface area contributed by atoms with Gasteiger partial charge in [-0.2, -0.15) is 0 Å². The first-order valence-corrected chi connectivity index (χ1v) is 7.51. The standard InChI is InChI=1S/C15H27N5/c1-4-6-16-15-10-13(5-7-17-15)18-11-14-12-19(2)8-9-20(14)3/h5,7,10,14H,4,6,8-9,11-12H2,1-3H3,(H2,16,17,18). The molecular formula is C15H27N5. The van der Waals surface area contributed by atoms with Gasteiger partial charge in [-0.05, 0) is 26.6 Å². The molecule has 1 aliphatic rings. The van der Waals surface area contributed by atoms with Crippen LogP contribution >= 0.6 is 0 Å². The zero-order valence-corrected chi connectivity index (χ0v) is 12.9. The molecule has 5 heteroatoms. The molecule has 1 aliphatic heterocycles. The summed E-state index contributed by atoms with van der Waals surface area (Å²) in [5.41, 5.74) is 1.14. The number of hydrogen-bond donors (Lipinski definition) is 2. The van der Waals surface area contributed by atoms with Gasteiger partial charge in [-0.15, -0.1) is 0 Å². The molecule has 0 radical (unpaired) electrons. The molecule has 1 atom stereocenters. The number of nitrogens with one attached hydrogen (secondary N) is 2. The average Bonchev–Trinajstić information content (AvgIpc) is 2.46. The van der Waals surface area contributed by atoms with E-state index in [9.17, 15) is 0 Å². The van der Waals surface area contributed by atoms with E-state index in [1.54, 1.807) is 0 Å². The van der Waals surface area contributed by atoms with Gasteiger partial charge in [0.2, 0.25) is 0 Å². The molecule has 5 nitrogen and oxygen atoms in total. The van der Waals surface area contributed by atoms with Crippen molar-refractivity contribution in [2.24, 2.45) is 0 Å². The van der Waals surface area contributed by atoms with Gasteiger partial charge in [-0.1, -0.05) is 6.92 Å². The Morgan fingerprint density at radius 1 is 1.30 bits per heavy atom. The maximum Gasteiger partial charge on any atom is 0.127 e. The summed E-state index contributed by atoms with van der Waals surface area (Å²) in [5.74, 6) is 0.950. The van der Waals surface area contributed by atoms with Crippen molar-refractivity contribution in [2.75, 3.05) is 57.5 Å². The van der Waals surface area contributed by atoms with Gasteiger partial charge < -0.3 is 15.5 Å². The van der Waals surface area contributed by atoms with E-state index < -0.39 is 0 Å². The van der Waals surface area contributed by atoms with Crippen LogP contribution in [0, 0.1) is 0 Å². The Balaban J connectivity index is 1.86. The highest BCUT2D eigenvalue weighted by Gasteiger charge is 2.21. The van der Waals surface area contributed by atoms with Gasteiger partial charge in [0, 0.05) is 56.7 Å². The second kappa shape index (κ2) is 7.45. The van der Waals surface area contributed by atoms with Crippen LogP contribution in [-0.4, -0.2) is 67.6 Å². The van der Waals surface area contributed by atoms with Gasteiger partial charge in [-0.25, -0.2) is 4.98 Å². The van der Waals surface area contributed by atoms with Crippen LogP contribution in [0.5, 0.6) is 0 Å². The summed E-state index contributed by atoms with van der Waals surface area (Å²) >= 11 is 0. The van der Waals surface area contributed by atoms with Crippen molar-refractivity contribution < 1.29 is 0 Å². The summed E-state index contributed by atoms with van der Waals surface area (Å²) in [6.07, 6.45) is 2.97. The lowest BCUT2D eigenvalue weighted by atomic mass is 10.2. The van der Waals surface area contributed by atoms with E-state index in [0.717, 1.165) is 50.6 Å². The van der Waals surface area contributed by atoms with E-state index in [1.807, 2.05) is 12.3 Å². The van der Waals surface area contributed by atoms with E-state index in [2.05, 4.69) is 52.5 Å². The van der Waals surface area contributed by atoms with Crippen LogP contribution in [0.3, 0.4) is 0 Å². The molecule has 2 N–H and O–H groups in total. The highest BCUT2D eigenvalue weighted by Crippen LogP contribution is 2.13. The van der Waals surface area contributed by atoms with Crippen LogP contribution in [0.25, 0.3) is 0 Å². The van der Waals surface area contributed by atoms with Crippen LogP contribution in [-0.2, 0) is 0 Å². The first kappa shape index (κ1) is 15.1. The van der Waals surface area contributed by atoms with Crippen molar-refractivity contribution in [3.05, 3.63) is 18.3 Å². The summed E-state index contributed by atoms with van der Waals surface area (Å²) in [4.78, 5) is 9.16.